The van der Waals surface area contributed by atoms with Crippen molar-refractivity contribution in [1.29, 1.82) is 0 Å². The van der Waals surface area contributed by atoms with Crippen LogP contribution >= 0.6 is 0 Å². The smallest absolute Gasteiger partial charge is 0.326 e. The molecule has 158 valence electrons. The zero-order chi connectivity index (χ0) is 21.7. The van der Waals surface area contributed by atoms with E-state index in [0.717, 1.165) is 0 Å². The van der Waals surface area contributed by atoms with Gasteiger partial charge in [-0.1, -0.05) is 13.8 Å². The second kappa shape index (κ2) is 9.49. The number of nitrogens with one attached hydrogen (secondary N) is 2. The van der Waals surface area contributed by atoms with Gasteiger partial charge in [-0.25, -0.2) is 9.18 Å². The fourth-order valence-corrected chi connectivity index (χ4v) is 3.14. The van der Waals surface area contributed by atoms with E-state index in [4.69, 9.17) is 0 Å². The summed E-state index contributed by atoms with van der Waals surface area (Å²) in [6.07, 6.45) is 0.244. The third-order valence-electron chi connectivity index (χ3n) is 4.71. The number of carboxylic acids is 1. The van der Waals surface area contributed by atoms with Crippen molar-refractivity contribution in [2.75, 3.05) is 11.4 Å². The number of halogens is 1. The molecule has 0 aliphatic carbocycles. The van der Waals surface area contributed by atoms with Gasteiger partial charge in [-0.2, -0.15) is 0 Å². The topological polar surface area (TPSA) is 116 Å². The first-order valence-corrected chi connectivity index (χ1v) is 9.48. The average Bonchev–Trinajstić information content (AvgIpc) is 3.03. The number of aliphatic carboxylic acids is 1. The number of carboxylic acid groups (broad SMARTS) is 1. The second-order valence-electron chi connectivity index (χ2n) is 7.64. The molecule has 0 spiro atoms. The molecule has 29 heavy (non-hydrogen) atoms. The third kappa shape index (κ3) is 6.00. The summed E-state index contributed by atoms with van der Waals surface area (Å²) in [7, 11) is 0. The first-order valence-electron chi connectivity index (χ1n) is 9.48. The predicted octanol–water partition coefficient (Wildman–Crippen LogP) is 1.30. The Kier molecular flexibility index (Phi) is 7.30. The third-order valence-corrected chi connectivity index (χ3v) is 4.71. The fourth-order valence-electron chi connectivity index (χ4n) is 3.14. The zero-order valence-corrected chi connectivity index (χ0v) is 16.6. The van der Waals surface area contributed by atoms with Crippen LogP contribution in [0.3, 0.4) is 0 Å². The van der Waals surface area contributed by atoms with Gasteiger partial charge < -0.3 is 20.6 Å². The van der Waals surface area contributed by atoms with Gasteiger partial charge in [0.05, 0.1) is 5.92 Å². The minimum Gasteiger partial charge on any atom is -0.480 e. The lowest BCUT2D eigenvalue weighted by atomic mass is 10.0. The molecule has 1 aromatic rings. The zero-order valence-electron chi connectivity index (χ0n) is 16.6. The van der Waals surface area contributed by atoms with Crippen LogP contribution in [0.1, 0.15) is 33.6 Å². The SMILES string of the molecule is CC(C)C[C@H](NC(=O)[C@H](C)NC(=O)C1CC(=O)N(c2ccc(F)cc2)C1)C(=O)O. The van der Waals surface area contributed by atoms with E-state index in [0.29, 0.717) is 5.69 Å². The highest BCUT2D eigenvalue weighted by Gasteiger charge is 2.36. The molecule has 1 aliphatic rings. The van der Waals surface area contributed by atoms with Gasteiger partial charge in [0.1, 0.15) is 17.9 Å². The van der Waals surface area contributed by atoms with Crippen molar-refractivity contribution in [3.63, 3.8) is 0 Å². The van der Waals surface area contributed by atoms with Crippen molar-refractivity contribution >= 4 is 29.4 Å². The number of amides is 3. The van der Waals surface area contributed by atoms with Gasteiger partial charge in [0.25, 0.3) is 0 Å². The van der Waals surface area contributed by atoms with Gasteiger partial charge in [-0.05, 0) is 43.5 Å². The molecule has 1 saturated heterocycles. The fraction of sp³-hybridized carbons (Fsp3) is 0.500. The van der Waals surface area contributed by atoms with E-state index in [1.807, 2.05) is 13.8 Å². The normalized spacial score (nSPS) is 18.4. The number of nitrogens with zero attached hydrogens (tertiary/aromatic N) is 1. The summed E-state index contributed by atoms with van der Waals surface area (Å²) in [4.78, 5) is 49.7. The Hall–Kier alpha value is -2.97. The van der Waals surface area contributed by atoms with Crippen LogP contribution in [0.4, 0.5) is 10.1 Å². The van der Waals surface area contributed by atoms with E-state index in [2.05, 4.69) is 10.6 Å². The summed E-state index contributed by atoms with van der Waals surface area (Å²) >= 11 is 0. The number of anilines is 1. The van der Waals surface area contributed by atoms with E-state index in [9.17, 15) is 28.7 Å². The highest BCUT2D eigenvalue weighted by Crippen LogP contribution is 2.25. The summed E-state index contributed by atoms with van der Waals surface area (Å²) in [5.41, 5.74) is 0.496. The minimum atomic E-state index is -1.14. The van der Waals surface area contributed by atoms with Crippen molar-refractivity contribution in [3.05, 3.63) is 30.1 Å². The first kappa shape index (κ1) is 22.3. The van der Waals surface area contributed by atoms with Gasteiger partial charge >= 0.3 is 5.97 Å². The predicted molar refractivity (Wildman–Crippen MR) is 103 cm³/mol. The summed E-state index contributed by atoms with van der Waals surface area (Å²) in [5.74, 6) is -3.49. The summed E-state index contributed by atoms with van der Waals surface area (Å²) in [5, 5.41) is 14.2. The van der Waals surface area contributed by atoms with Crippen LogP contribution in [0.15, 0.2) is 24.3 Å². The maximum Gasteiger partial charge on any atom is 0.326 e. The van der Waals surface area contributed by atoms with Crippen molar-refractivity contribution in [2.24, 2.45) is 11.8 Å². The van der Waals surface area contributed by atoms with Crippen LogP contribution in [0.25, 0.3) is 0 Å². The van der Waals surface area contributed by atoms with E-state index in [1.54, 1.807) is 0 Å². The Morgan fingerprint density at radius 1 is 1.17 bits per heavy atom. The number of hydrogen-bond acceptors (Lipinski definition) is 4. The minimum absolute atomic E-state index is 0.0251. The number of rotatable bonds is 8. The van der Waals surface area contributed by atoms with Crippen LogP contribution in [0.2, 0.25) is 0 Å². The second-order valence-corrected chi connectivity index (χ2v) is 7.64. The molecule has 1 aliphatic heterocycles. The highest BCUT2D eigenvalue weighted by molar-refractivity contribution is 6.01. The average molecular weight is 407 g/mol. The van der Waals surface area contributed by atoms with E-state index < -0.39 is 41.6 Å². The molecule has 3 N–H and O–H groups in total. The lowest BCUT2D eigenvalue weighted by molar-refractivity contribution is -0.142. The van der Waals surface area contributed by atoms with Crippen molar-refractivity contribution < 1.29 is 28.7 Å². The Balaban J connectivity index is 1.93. The Morgan fingerprint density at radius 2 is 1.79 bits per heavy atom. The lowest BCUT2D eigenvalue weighted by Gasteiger charge is -2.21. The van der Waals surface area contributed by atoms with Crippen molar-refractivity contribution in [1.82, 2.24) is 10.6 Å². The number of hydrogen-bond donors (Lipinski definition) is 3. The van der Waals surface area contributed by atoms with Crippen molar-refractivity contribution in [3.8, 4) is 0 Å². The molecule has 2 rings (SSSR count). The summed E-state index contributed by atoms with van der Waals surface area (Å²) in [6, 6.07) is 3.40. The first-order chi connectivity index (χ1) is 13.6. The molecule has 0 aromatic heterocycles. The van der Waals surface area contributed by atoms with Crippen LogP contribution in [-0.4, -0.2) is 47.4 Å². The monoisotopic (exact) mass is 407 g/mol. The van der Waals surface area contributed by atoms with Gasteiger partial charge in [-0.3, -0.25) is 14.4 Å². The molecule has 0 radical (unpaired) electrons. The lowest BCUT2D eigenvalue weighted by Crippen LogP contribution is -2.51. The van der Waals surface area contributed by atoms with Crippen LogP contribution < -0.4 is 15.5 Å². The molecule has 1 unspecified atom stereocenters. The molecule has 3 amide bonds. The van der Waals surface area contributed by atoms with Crippen LogP contribution in [0, 0.1) is 17.7 Å². The maximum atomic E-state index is 13.1. The van der Waals surface area contributed by atoms with E-state index in [1.165, 1.54) is 36.1 Å². The molecule has 1 aromatic carbocycles. The number of carbonyl (C=O) groups excluding carboxylic acids is 3. The number of carbonyl (C=O) groups is 4. The van der Waals surface area contributed by atoms with Gasteiger partial charge in [0.2, 0.25) is 17.7 Å². The summed E-state index contributed by atoms with van der Waals surface area (Å²) < 4.78 is 13.1. The molecule has 1 heterocycles. The maximum absolute atomic E-state index is 13.1. The molecule has 3 atom stereocenters. The van der Waals surface area contributed by atoms with E-state index >= 15 is 0 Å². The molecule has 9 heteroatoms. The molecule has 8 nitrogen and oxygen atoms in total. The molecule has 0 bridgehead atoms. The quantitative estimate of drug-likeness (QED) is 0.601. The van der Waals surface area contributed by atoms with Crippen molar-refractivity contribution in [2.45, 2.75) is 45.7 Å². The van der Waals surface area contributed by atoms with Gasteiger partial charge in [-0.15, -0.1) is 0 Å². The Bertz CT molecular complexity index is 781. The molecular formula is C20H26FN3O5. The van der Waals surface area contributed by atoms with Gasteiger partial charge in [0.15, 0.2) is 0 Å². The standard InChI is InChI=1S/C20H26FN3O5/c1-11(2)8-16(20(28)29)23-18(26)12(3)22-19(27)13-9-17(25)24(10-13)15-6-4-14(21)5-7-15/h4-7,11-13,16H,8-10H2,1-3H3,(H,22,27)(H,23,26)(H,28,29)/t12-,13?,16-/m0/s1. The van der Waals surface area contributed by atoms with Crippen LogP contribution in [-0.2, 0) is 19.2 Å². The molecular weight excluding hydrogens is 381 g/mol. The molecule has 0 saturated carbocycles. The summed E-state index contributed by atoms with van der Waals surface area (Å²) in [6.45, 7) is 5.26. The highest BCUT2D eigenvalue weighted by atomic mass is 19.1. The Morgan fingerprint density at radius 3 is 2.34 bits per heavy atom. The largest absolute Gasteiger partial charge is 0.480 e. The number of benzene rings is 1. The van der Waals surface area contributed by atoms with Crippen LogP contribution in [0.5, 0.6) is 0 Å². The van der Waals surface area contributed by atoms with E-state index in [-0.39, 0.29) is 31.2 Å². The molecule has 1 fully saturated rings. The van der Waals surface area contributed by atoms with Gasteiger partial charge in [0, 0.05) is 18.7 Å². The Labute approximate surface area is 168 Å².